The third kappa shape index (κ3) is 1.79. The number of carboxylic acids is 1. The largest absolute Gasteiger partial charge is 0.475 e. The van der Waals surface area contributed by atoms with Crippen molar-refractivity contribution in [3.63, 3.8) is 0 Å². The zero-order valence-corrected chi connectivity index (χ0v) is 8.51. The molecule has 1 N–H and O–H groups in total. The fraction of sp³-hybridized carbons (Fsp3) is 0.0909. The first-order valence-corrected chi connectivity index (χ1v) is 4.60. The van der Waals surface area contributed by atoms with Crippen LogP contribution >= 0.6 is 0 Å². The molecule has 0 aliphatic carbocycles. The first-order valence-electron chi connectivity index (χ1n) is 4.60. The molecule has 5 heteroatoms. The van der Waals surface area contributed by atoms with E-state index in [0.29, 0.717) is 11.3 Å². The van der Waals surface area contributed by atoms with Crippen LogP contribution < -0.4 is 0 Å². The summed E-state index contributed by atoms with van der Waals surface area (Å²) in [6, 6.07) is 5.74. The van der Waals surface area contributed by atoms with E-state index in [4.69, 9.17) is 5.11 Å². The summed E-state index contributed by atoms with van der Waals surface area (Å²) in [6.07, 6.45) is 1.59. The van der Waals surface area contributed by atoms with Gasteiger partial charge in [0, 0.05) is 18.8 Å². The van der Waals surface area contributed by atoms with E-state index in [-0.39, 0.29) is 11.6 Å². The summed E-state index contributed by atoms with van der Waals surface area (Å²) >= 11 is 0. The van der Waals surface area contributed by atoms with Crippen LogP contribution in [0, 0.1) is 5.82 Å². The van der Waals surface area contributed by atoms with Crippen molar-refractivity contribution in [3.05, 3.63) is 42.1 Å². The first-order chi connectivity index (χ1) is 7.58. The van der Waals surface area contributed by atoms with Gasteiger partial charge in [-0.05, 0) is 24.3 Å². The van der Waals surface area contributed by atoms with Crippen molar-refractivity contribution >= 4 is 5.97 Å². The molecule has 0 bridgehead atoms. The predicted octanol–water partition coefficient (Wildman–Crippen LogP) is 1.92. The number of benzene rings is 1. The minimum atomic E-state index is -1.09. The van der Waals surface area contributed by atoms with E-state index < -0.39 is 5.97 Å². The number of aryl methyl sites for hydroxylation is 1. The Morgan fingerprint density at radius 1 is 1.38 bits per heavy atom. The SMILES string of the molecule is Cn1cc(-c2ccc(F)cc2)nc1C(=O)O. The molecule has 1 aromatic carbocycles. The van der Waals surface area contributed by atoms with Gasteiger partial charge in [-0.15, -0.1) is 0 Å². The molecule has 1 heterocycles. The van der Waals surface area contributed by atoms with Crippen LogP contribution in [0.1, 0.15) is 10.6 Å². The van der Waals surface area contributed by atoms with E-state index in [1.165, 1.54) is 16.7 Å². The van der Waals surface area contributed by atoms with Gasteiger partial charge < -0.3 is 9.67 Å². The maximum absolute atomic E-state index is 12.7. The molecular weight excluding hydrogens is 211 g/mol. The van der Waals surface area contributed by atoms with Crippen LogP contribution in [0.25, 0.3) is 11.3 Å². The van der Waals surface area contributed by atoms with Gasteiger partial charge in [-0.2, -0.15) is 0 Å². The van der Waals surface area contributed by atoms with Crippen molar-refractivity contribution in [2.45, 2.75) is 0 Å². The highest BCUT2D eigenvalue weighted by Gasteiger charge is 2.12. The van der Waals surface area contributed by atoms with Crippen LogP contribution in [0.4, 0.5) is 4.39 Å². The Kier molecular flexibility index (Phi) is 2.44. The molecule has 1 aromatic heterocycles. The third-order valence-electron chi connectivity index (χ3n) is 2.21. The molecule has 2 rings (SSSR count). The molecule has 0 radical (unpaired) electrons. The summed E-state index contributed by atoms with van der Waals surface area (Å²) < 4.78 is 14.1. The van der Waals surface area contributed by atoms with Crippen LogP contribution in [-0.4, -0.2) is 20.6 Å². The zero-order chi connectivity index (χ0) is 11.7. The number of aromatic carboxylic acids is 1. The molecular formula is C11H9FN2O2. The van der Waals surface area contributed by atoms with Crippen molar-refractivity contribution in [2.24, 2.45) is 7.05 Å². The van der Waals surface area contributed by atoms with Crippen molar-refractivity contribution in [1.29, 1.82) is 0 Å². The van der Waals surface area contributed by atoms with Crippen LogP contribution in [0.3, 0.4) is 0 Å². The van der Waals surface area contributed by atoms with E-state index in [1.54, 1.807) is 25.4 Å². The molecule has 4 nitrogen and oxygen atoms in total. The Balaban J connectivity index is 2.45. The van der Waals surface area contributed by atoms with Gasteiger partial charge in [0.25, 0.3) is 0 Å². The fourth-order valence-electron chi connectivity index (χ4n) is 1.42. The second-order valence-electron chi connectivity index (χ2n) is 3.37. The summed E-state index contributed by atoms with van der Waals surface area (Å²) in [5, 5.41) is 8.83. The lowest BCUT2D eigenvalue weighted by Gasteiger charge is -1.94. The predicted molar refractivity (Wildman–Crippen MR) is 55.6 cm³/mol. The molecule has 0 fully saturated rings. The quantitative estimate of drug-likeness (QED) is 0.841. The highest BCUT2D eigenvalue weighted by atomic mass is 19.1. The Labute approximate surface area is 91.0 Å². The first kappa shape index (κ1) is 10.4. The molecule has 0 unspecified atom stereocenters. The lowest BCUT2D eigenvalue weighted by Crippen LogP contribution is -2.04. The van der Waals surface area contributed by atoms with E-state index in [2.05, 4.69) is 4.98 Å². The third-order valence-corrected chi connectivity index (χ3v) is 2.21. The molecule has 0 saturated heterocycles. The van der Waals surface area contributed by atoms with Gasteiger partial charge in [-0.25, -0.2) is 14.2 Å². The number of carboxylic acid groups (broad SMARTS) is 1. The summed E-state index contributed by atoms with van der Waals surface area (Å²) in [6.45, 7) is 0. The maximum atomic E-state index is 12.7. The molecule has 0 atom stereocenters. The number of halogens is 1. The Morgan fingerprint density at radius 2 is 2.00 bits per heavy atom. The second kappa shape index (κ2) is 3.77. The van der Waals surface area contributed by atoms with Gasteiger partial charge in [0.1, 0.15) is 5.82 Å². The number of hydrogen-bond donors (Lipinski definition) is 1. The lowest BCUT2D eigenvalue weighted by atomic mass is 10.2. The number of hydrogen-bond acceptors (Lipinski definition) is 2. The minimum absolute atomic E-state index is 0.0423. The number of nitrogens with zero attached hydrogens (tertiary/aromatic N) is 2. The van der Waals surface area contributed by atoms with Gasteiger partial charge in [0.15, 0.2) is 0 Å². The molecule has 0 amide bonds. The fourth-order valence-corrected chi connectivity index (χ4v) is 1.42. The van der Waals surface area contributed by atoms with E-state index >= 15 is 0 Å². The maximum Gasteiger partial charge on any atom is 0.372 e. The summed E-state index contributed by atoms with van der Waals surface area (Å²) in [7, 11) is 1.60. The van der Waals surface area contributed by atoms with Gasteiger partial charge in [0.05, 0.1) is 5.69 Å². The molecule has 0 aliphatic heterocycles. The topological polar surface area (TPSA) is 55.1 Å². The average molecular weight is 220 g/mol. The minimum Gasteiger partial charge on any atom is -0.475 e. The normalized spacial score (nSPS) is 10.4. The molecule has 0 aliphatic rings. The van der Waals surface area contributed by atoms with Gasteiger partial charge in [0.2, 0.25) is 5.82 Å². The van der Waals surface area contributed by atoms with Crippen LogP contribution in [-0.2, 0) is 7.05 Å². The number of rotatable bonds is 2. The highest BCUT2D eigenvalue weighted by Crippen LogP contribution is 2.18. The number of aromatic nitrogens is 2. The molecule has 16 heavy (non-hydrogen) atoms. The van der Waals surface area contributed by atoms with Crippen molar-refractivity contribution in [3.8, 4) is 11.3 Å². The van der Waals surface area contributed by atoms with Gasteiger partial charge in [-0.1, -0.05) is 0 Å². The van der Waals surface area contributed by atoms with Crippen LogP contribution in [0.2, 0.25) is 0 Å². The van der Waals surface area contributed by atoms with Crippen molar-refractivity contribution < 1.29 is 14.3 Å². The summed E-state index contributed by atoms with van der Waals surface area (Å²) in [4.78, 5) is 14.7. The van der Waals surface area contributed by atoms with Gasteiger partial charge >= 0.3 is 5.97 Å². The Bertz CT molecular complexity index is 531. The monoisotopic (exact) mass is 220 g/mol. The molecule has 0 saturated carbocycles. The summed E-state index contributed by atoms with van der Waals surface area (Å²) in [5.41, 5.74) is 1.20. The van der Waals surface area contributed by atoms with E-state index in [1.807, 2.05) is 0 Å². The second-order valence-corrected chi connectivity index (χ2v) is 3.37. The zero-order valence-electron chi connectivity index (χ0n) is 8.51. The number of carbonyl (C=O) groups is 1. The van der Waals surface area contributed by atoms with Crippen molar-refractivity contribution in [2.75, 3.05) is 0 Å². The van der Waals surface area contributed by atoms with Crippen molar-refractivity contribution in [1.82, 2.24) is 9.55 Å². The number of imidazole rings is 1. The molecule has 82 valence electrons. The highest BCUT2D eigenvalue weighted by molar-refractivity contribution is 5.84. The summed E-state index contributed by atoms with van der Waals surface area (Å²) in [5.74, 6) is -1.46. The average Bonchev–Trinajstić information content (AvgIpc) is 2.61. The molecule has 0 spiro atoms. The van der Waals surface area contributed by atoms with Gasteiger partial charge in [-0.3, -0.25) is 0 Å². The Morgan fingerprint density at radius 3 is 2.50 bits per heavy atom. The lowest BCUT2D eigenvalue weighted by molar-refractivity contribution is 0.0680. The molecule has 2 aromatic rings. The Hall–Kier alpha value is -2.17. The van der Waals surface area contributed by atoms with Crippen LogP contribution in [0.15, 0.2) is 30.5 Å². The van der Waals surface area contributed by atoms with Crippen LogP contribution in [0.5, 0.6) is 0 Å². The standard InChI is InChI=1S/C11H9FN2O2/c1-14-6-9(13-10(14)11(15)16)7-2-4-8(12)5-3-7/h2-6H,1H3,(H,15,16). The smallest absolute Gasteiger partial charge is 0.372 e. The van der Waals surface area contributed by atoms with E-state index in [9.17, 15) is 9.18 Å². The van der Waals surface area contributed by atoms with E-state index in [0.717, 1.165) is 0 Å².